The lowest BCUT2D eigenvalue weighted by Gasteiger charge is -2.10. The van der Waals surface area contributed by atoms with Gasteiger partial charge in [0.2, 0.25) is 0 Å². The van der Waals surface area contributed by atoms with Crippen LogP contribution in [0.15, 0.2) is 22.7 Å². The van der Waals surface area contributed by atoms with Gasteiger partial charge in [-0.1, -0.05) is 33.6 Å². The maximum absolute atomic E-state index is 10.6. The number of carboxylic acids is 1. The van der Waals surface area contributed by atoms with E-state index in [4.69, 9.17) is 16.7 Å². The van der Waals surface area contributed by atoms with E-state index < -0.39 is 12.0 Å². The number of hydrogen-bond donors (Lipinski definition) is 2. The number of aliphatic carboxylic acids is 1. The first kappa shape index (κ1) is 12.5. The number of halogens is 2. The van der Waals surface area contributed by atoms with Gasteiger partial charge in [-0.2, -0.15) is 0 Å². The third kappa shape index (κ3) is 3.81. The molecule has 0 fully saturated rings. The first-order valence-electron chi connectivity index (χ1n) is 4.41. The van der Waals surface area contributed by atoms with E-state index >= 15 is 0 Å². The Morgan fingerprint density at radius 1 is 1.67 bits per heavy atom. The molecule has 1 rings (SSSR count). The Morgan fingerprint density at radius 2 is 2.33 bits per heavy atom. The first-order chi connectivity index (χ1) is 7.00. The van der Waals surface area contributed by atoms with Gasteiger partial charge < -0.3 is 10.4 Å². The van der Waals surface area contributed by atoms with Crippen LogP contribution in [0, 0.1) is 0 Å². The fourth-order valence-electron chi connectivity index (χ4n) is 1.02. The van der Waals surface area contributed by atoms with E-state index in [-0.39, 0.29) is 0 Å². The Labute approximate surface area is 102 Å². The molecule has 0 aliphatic rings. The Bertz CT molecular complexity index is 370. The predicted molar refractivity (Wildman–Crippen MR) is 63.1 cm³/mol. The van der Waals surface area contributed by atoms with Crippen molar-refractivity contribution in [2.24, 2.45) is 0 Å². The highest BCUT2D eigenvalue weighted by Gasteiger charge is 2.10. The summed E-state index contributed by atoms with van der Waals surface area (Å²) in [6.07, 6.45) is 0. The molecule has 5 heteroatoms. The molecule has 1 aromatic carbocycles. The molecule has 1 atom stereocenters. The third-order valence-corrected chi connectivity index (χ3v) is 2.83. The molecule has 0 aliphatic heterocycles. The highest BCUT2D eigenvalue weighted by molar-refractivity contribution is 9.10. The molecule has 1 aromatic rings. The van der Waals surface area contributed by atoms with Gasteiger partial charge >= 0.3 is 5.97 Å². The van der Waals surface area contributed by atoms with Crippen molar-refractivity contribution < 1.29 is 9.90 Å². The summed E-state index contributed by atoms with van der Waals surface area (Å²) in [7, 11) is 0. The summed E-state index contributed by atoms with van der Waals surface area (Å²) in [6.45, 7) is 2.04. The van der Waals surface area contributed by atoms with E-state index in [1.165, 1.54) is 0 Å². The monoisotopic (exact) mass is 291 g/mol. The zero-order valence-electron chi connectivity index (χ0n) is 8.13. The summed E-state index contributed by atoms with van der Waals surface area (Å²) in [5.74, 6) is -0.872. The second-order valence-electron chi connectivity index (χ2n) is 3.18. The van der Waals surface area contributed by atoms with Crippen LogP contribution < -0.4 is 5.32 Å². The fourth-order valence-corrected chi connectivity index (χ4v) is 1.76. The molecule has 0 unspecified atom stereocenters. The van der Waals surface area contributed by atoms with Crippen LogP contribution in [-0.4, -0.2) is 17.1 Å². The number of benzene rings is 1. The molecule has 3 nitrogen and oxygen atoms in total. The van der Waals surface area contributed by atoms with E-state index in [0.29, 0.717) is 11.6 Å². The Kier molecular flexibility index (Phi) is 4.57. The third-order valence-electron chi connectivity index (χ3n) is 1.98. The molecule has 0 radical (unpaired) electrons. The van der Waals surface area contributed by atoms with E-state index in [9.17, 15) is 4.79 Å². The van der Waals surface area contributed by atoms with Crippen LogP contribution >= 0.6 is 27.5 Å². The van der Waals surface area contributed by atoms with Crippen LogP contribution in [0.4, 0.5) is 0 Å². The topological polar surface area (TPSA) is 49.3 Å². The zero-order valence-corrected chi connectivity index (χ0v) is 10.5. The highest BCUT2D eigenvalue weighted by atomic mass is 79.9. The van der Waals surface area contributed by atoms with E-state index in [2.05, 4.69) is 21.2 Å². The molecule has 0 amide bonds. The molecule has 15 heavy (non-hydrogen) atoms. The molecule has 0 aromatic heterocycles. The van der Waals surface area contributed by atoms with Gasteiger partial charge in [0.25, 0.3) is 0 Å². The summed E-state index contributed by atoms with van der Waals surface area (Å²) >= 11 is 9.28. The predicted octanol–water partition coefficient (Wildman–Crippen LogP) is 2.67. The lowest BCUT2D eigenvalue weighted by molar-refractivity contribution is -0.139. The lowest BCUT2D eigenvalue weighted by atomic mass is 10.2. The summed E-state index contributed by atoms with van der Waals surface area (Å²) in [4.78, 5) is 10.6. The van der Waals surface area contributed by atoms with Crippen molar-refractivity contribution in [2.45, 2.75) is 19.5 Å². The summed E-state index contributed by atoms with van der Waals surface area (Å²) < 4.78 is 0.905. The first-order valence-corrected chi connectivity index (χ1v) is 5.58. The number of carbonyl (C=O) groups is 1. The van der Waals surface area contributed by atoms with Crippen LogP contribution in [0.25, 0.3) is 0 Å². The normalized spacial score (nSPS) is 12.5. The van der Waals surface area contributed by atoms with Gasteiger partial charge in [-0.3, -0.25) is 4.79 Å². The smallest absolute Gasteiger partial charge is 0.320 e. The van der Waals surface area contributed by atoms with Crippen LogP contribution in [0.2, 0.25) is 5.02 Å². The van der Waals surface area contributed by atoms with Gasteiger partial charge in [-0.05, 0) is 24.6 Å². The van der Waals surface area contributed by atoms with Gasteiger partial charge in [0.05, 0.1) is 0 Å². The quantitative estimate of drug-likeness (QED) is 0.897. The van der Waals surface area contributed by atoms with Crippen LogP contribution in [0.1, 0.15) is 12.5 Å². The average Bonchev–Trinajstić information content (AvgIpc) is 2.15. The lowest BCUT2D eigenvalue weighted by Crippen LogP contribution is -2.33. The number of nitrogens with one attached hydrogen (secondary N) is 1. The summed E-state index contributed by atoms with van der Waals surface area (Å²) in [6, 6.07) is 4.93. The average molecular weight is 293 g/mol. The van der Waals surface area contributed by atoms with Crippen molar-refractivity contribution >= 4 is 33.5 Å². The number of rotatable bonds is 4. The van der Waals surface area contributed by atoms with Gasteiger partial charge in [0.15, 0.2) is 0 Å². The maximum atomic E-state index is 10.6. The molecule has 82 valence electrons. The maximum Gasteiger partial charge on any atom is 0.320 e. The number of carboxylic acid groups (broad SMARTS) is 1. The second-order valence-corrected chi connectivity index (χ2v) is 4.50. The zero-order chi connectivity index (χ0) is 11.4. The van der Waals surface area contributed by atoms with Crippen molar-refractivity contribution in [3.05, 3.63) is 33.3 Å². The van der Waals surface area contributed by atoms with E-state index in [0.717, 1.165) is 10.0 Å². The minimum atomic E-state index is -0.872. The van der Waals surface area contributed by atoms with Gasteiger partial charge in [0, 0.05) is 16.0 Å². The Balaban J connectivity index is 2.62. The van der Waals surface area contributed by atoms with Crippen molar-refractivity contribution in [3.63, 3.8) is 0 Å². The van der Waals surface area contributed by atoms with Crippen molar-refractivity contribution in [1.82, 2.24) is 5.32 Å². The summed E-state index contributed by atoms with van der Waals surface area (Å²) in [5, 5.41) is 12.1. The molecular formula is C10H11BrClNO2. The van der Waals surface area contributed by atoms with Gasteiger partial charge in [-0.15, -0.1) is 0 Å². The van der Waals surface area contributed by atoms with Gasteiger partial charge in [-0.25, -0.2) is 0 Å². The van der Waals surface area contributed by atoms with Crippen molar-refractivity contribution in [3.8, 4) is 0 Å². The minimum absolute atomic E-state index is 0.444. The second kappa shape index (κ2) is 5.49. The molecule has 0 saturated carbocycles. The van der Waals surface area contributed by atoms with Crippen LogP contribution in [0.3, 0.4) is 0 Å². The van der Waals surface area contributed by atoms with Crippen LogP contribution in [-0.2, 0) is 11.3 Å². The van der Waals surface area contributed by atoms with Crippen molar-refractivity contribution in [1.29, 1.82) is 0 Å². The molecule has 0 aliphatic carbocycles. The van der Waals surface area contributed by atoms with Gasteiger partial charge in [0.1, 0.15) is 6.04 Å². The Hall–Kier alpha value is -0.580. The van der Waals surface area contributed by atoms with Crippen LogP contribution in [0.5, 0.6) is 0 Å². The SMILES string of the molecule is C[C@@H](NCc1ccc(Br)cc1Cl)C(=O)O. The molecule has 2 N–H and O–H groups in total. The largest absolute Gasteiger partial charge is 0.480 e. The fraction of sp³-hybridized carbons (Fsp3) is 0.300. The van der Waals surface area contributed by atoms with E-state index in [1.807, 2.05) is 12.1 Å². The Morgan fingerprint density at radius 3 is 2.87 bits per heavy atom. The number of hydrogen-bond acceptors (Lipinski definition) is 2. The van der Waals surface area contributed by atoms with Crippen molar-refractivity contribution in [2.75, 3.05) is 0 Å². The molecular weight excluding hydrogens is 281 g/mol. The highest BCUT2D eigenvalue weighted by Crippen LogP contribution is 2.21. The summed E-state index contributed by atoms with van der Waals surface area (Å²) in [5.41, 5.74) is 0.882. The van der Waals surface area contributed by atoms with E-state index in [1.54, 1.807) is 13.0 Å². The molecule has 0 spiro atoms. The minimum Gasteiger partial charge on any atom is -0.480 e. The molecule has 0 heterocycles. The molecule has 0 bridgehead atoms. The standard InChI is InChI=1S/C10H11BrClNO2/c1-6(10(14)15)13-5-7-2-3-8(11)4-9(7)12/h2-4,6,13H,5H2,1H3,(H,14,15)/t6-/m1/s1. The molecule has 0 saturated heterocycles.